The second kappa shape index (κ2) is 8.73. The lowest BCUT2D eigenvalue weighted by Gasteiger charge is -2.13. The molecule has 1 aromatic carbocycles. The first-order chi connectivity index (χ1) is 10.1. The van der Waals surface area contributed by atoms with Crippen LogP contribution in [0.4, 0.5) is 5.69 Å². The van der Waals surface area contributed by atoms with E-state index < -0.39 is 0 Å². The highest BCUT2D eigenvalue weighted by Crippen LogP contribution is 2.32. The number of terminal acetylenes is 1. The Morgan fingerprint density at radius 3 is 2.64 bits per heavy atom. The quantitative estimate of drug-likeness (QED) is 0.345. The number of nitrogens with one attached hydrogen (secondary N) is 1. The highest BCUT2D eigenvalue weighted by molar-refractivity contribution is 14.0. The molecule has 22 heavy (non-hydrogen) atoms. The Morgan fingerprint density at radius 1 is 1.32 bits per heavy atom. The molecule has 1 heterocycles. The van der Waals surface area contributed by atoms with Gasteiger partial charge in [-0.2, -0.15) is 0 Å². The molecule has 0 radical (unpaired) electrons. The Kier molecular flexibility index (Phi) is 7.32. The first kappa shape index (κ1) is 18.4. The van der Waals surface area contributed by atoms with E-state index in [-0.39, 0.29) is 35.9 Å². The van der Waals surface area contributed by atoms with Gasteiger partial charge in [-0.25, -0.2) is 4.99 Å². The molecule has 0 amide bonds. The van der Waals surface area contributed by atoms with Crippen molar-refractivity contribution in [2.45, 2.75) is 26.3 Å². The molecule has 5 nitrogen and oxygen atoms in total. The highest BCUT2D eigenvalue weighted by Gasteiger charge is 2.12. The summed E-state index contributed by atoms with van der Waals surface area (Å²) in [5.41, 5.74) is 6.69. The first-order valence-corrected chi connectivity index (χ1v) is 7.06. The zero-order chi connectivity index (χ0) is 15.2. The third-order valence-electron chi connectivity index (χ3n) is 3.10. The third kappa shape index (κ3) is 4.98. The van der Waals surface area contributed by atoms with E-state index in [0.717, 1.165) is 17.9 Å². The number of nitrogens with two attached hydrogens (primary N) is 1. The van der Waals surface area contributed by atoms with Crippen molar-refractivity contribution >= 4 is 35.6 Å². The summed E-state index contributed by atoms with van der Waals surface area (Å²) in [5.74, 6) is 4.61. The summed E-state index contributed by atoms with van der Waals surface area (Å²) < 4.78 is 11.2. The second-order valence-corrected chi connectivity index (χ2v) is 5.21. The van der Waals surface area contributed by atoms with Gasteiger partial charge in [0.1, 0.15) is 6.04 Å². The zero-order valence-corrected chi connectivity index (χ0v) is 15.2. The van der Waals surface area contributed by atoms with Crippen molar-refractivity contribution in [1.82, 2.24) is 0 Å². The Bertz CT molecular complexity index is 567. The number of aliphatic imine (C=N–C) groups is 1. The topological polar surface area (TPSA) is 68.9 Å². The van der Waals surface area contributed by atoms with Gasteiger partial charge in [0.05, 0.1) is 13.2 Å². The van der Waals surface area contributed by atoms with Crippen LogP contribution in [0.15, 0.2) is 23.2 Å². The second-order valence-electron chi connectivity index (χ2n) is 5.21. The molecule has 6 heteroatoms. The van der Waals surface area contributed by atoms with Crippen LogP contribution in [0.2, 0.25) is 0 Å². The molecule has 0 saturated carbocycles. The van der Waals surface area contributed by atoms with Crippen molar-refractivity contribution in [2.24, 2.45) is 16.6 Å². The lowest BCUT2D eigenvalue weighted by Crippen LogP contribution is -2.26. The molecule has 1 aliphatic rings. The van der Waals surface area contributed by atoms with Crippen LogP contribution < -0.4 is 20.5 Å². The summed E-state index contributed by atoms with van der Waals surface area (Å²) in [5, 5.41) is 3.03. The molecule has 1 aliphatic heterocycles. The minimum Gasteiger partial charge on any atom is -0.490 e. The largest absolute Gasteiger partial charge is 0.490 e. The van der Waals surface area contributed by atoms with Gasteiger partial charge in [0.25, 0.3) is 0 Å². The number of rotatable bonds is 3. The van der Waals surface area contributed by atoms with Crippen molar-refractivity contribution in [2.75, 3.05) is 18.5 Å². The van der Waals surface area contributed by atoms with E-state index in [1.807, 2.05) is 32.0 Å². The Morgan fingerprint density at radius 2 is 2.00 bits per heavy atom. The number of hydrogen-bond acceptors (Lipinski definition) is 3. The Hall–Kier alpha value is -1.62. The van der Waals surface area contributed by atoms with E-state index >= 15 is 0 Å². The Balaban J connectivity index is 0.00000242. The molecule has 0 aromatic heterocycles. The van der Waals surface area contributed by atoms with E-state index in [9.17, 15) is 0 Å². The molecule has 0 spiro atoms. The smallest absolute Gasteiger partial charge is 0.194 e. The maximum Gasteiger partial charge on any atom is 0.194 e. The molecule has 1 aromatic rings. The minimum absolute atomic E-state index is 0. The number of ether oxygens (including phenoxy) is 2. The summed E-state index contributed by atoms with van der Waals surface area (Å²) in [4.78, 5) is 4.30. The molecule has 0 aliphatic carbocycles. The van der Waals surface area contributed by atoms with Crippen LogP contribution >= 0.6 is 24.0 Å². The molecule has 0 bridgehead atoms. The van der Waals surface area contributed by atoms with Gasteiger partial charge in [-0.05, 0) is 18.1 Å². The normalized spacial score (nSPS) is 15.3. The van der Waals surface area contributed by atoms with Crippen molar-refractivity contribution < 1.29 is 9.47 Å². The molecule has 2 rings (SSSR count). The summed E-state index contributed by atoms with van der Waals surface area (Å²) in [6.07, 6.45) is 6.32. The molecular formula is C16H22IN3O2. The van der Waals surface area contributed by atoms with E-state index in [4.69, 9.17) is 21.6 Å². The molecule has 1 atom stereocenters. The van der Waals surface area contributed by atoms with E-state index in [1.54, 1.807) is 0 Å². The van der Waals surface area contributed by atoms with Crippen LogP contribution in [0.25, 0.3) is 0 Å². The number of guanidine groups is 1. The lowest BCUT2D eigenvalue weighted by atomic mass is 10.1. The van der Waals surface area contributed by atoms with Crippen molar-refractivity contribution in [3.63, 3.8) is 0 Å². The maximum absolute atomic E-state index is 5.90. The zero-order valence-electron chi connectivity index (χ0n) is 12.8. The summed E-state index contributed by atoms with van der Waals surface area (Å²) in [6, 6.07) is 5.34. The average Bonchev–Trinajstić information content (AvgIpc) is 2.69. The summed E-state index contributed by atoms with van der Waals surface area (Å²) in [6.45, 7) is 5.33. The minimum atomic E-state index is -0.238. The number of halogens is 1. The number of nitrogens with zero attached hydrogens (tertiary/aromatic N) is 1. The van der Waals surface area contributed by atoms with E-state index in [0.29, 0.717) is 24.9 Å². The molecule has 1 unspecified atom stereocenters. The van der Waals surface area contributed by atoms with Gasteiger partial charge in [0.2, 0.25) is 0 Å². The standard InChI is InChI=1S/C16H21N3O2.HI/c1-4-13(11(2)3)19-16(17)18-12-6-7-14-15(10-12)21-9-5-8-20-14;/h1,6-7,10-11,13H,5,8-9H2,2-3H3,(H3,17,18,19);1H. The molecular weight excluding hydrogens is 393 g/mol. The van der Waals surface area contributed by atoms with Gasteiger partial charge >= 0.3 is 0 Å². The van der Waals surface area contributed by atoms with Crippen LogP contribution in [-0.4, -0.2) is 25.2 Å². The third-order valence-corrected chi connectivity index (χ3v) is 3.10. The van der Waals surface area contributed by atoms with Crippen LogP contribution in [0, 0.1) is 18.3 Å². The number of anilines is 1. The molecule has 0 saturated heterocycles. The number of benzene rings is 1. The van der Waals surface area contributed by atoms with Crippen LogP contribution in [0.5, 0.6) is 11.5 Å². The Labute approximate surface area is 148 Å². The first-order valence-electron chi connectivity index (χ1n) is 7.06. The summed E-state index contributed by atoms with van der Waals surface area (Å²) in [7, 11) is 0. The summed E-state index contributed by atoms with van der Waals surface area (Å²) >= 11 is 0. The predicted octanol–water partition coefficient (Wildman–Crippen LogP) is 2.85. The number of fused-ring (bicyclic) bond motifs is 1. The van der Waals surface area contributed by atoms with E-state index in [2.05, 4.69) is 16.2 Å². The number of hydrogen-bond donors (Lipinski definition) is 2. The van der Waals surface area contributed by atoms with Crippen LogP contribution in [0.1, 0.15) is 20.3 Å². The van der Waals surface area contributed by atoms with Gasteiger partial charge in [-0.1, -0.05) is 19.8 Å². The van der Waals surface area contributed by atoms with Gasteiger partial charge in [-0.15, -0.1) is 30.4 Å². The monoisotopic (exact) mass is 415 g/mol. The SMILES string of the molecule is C#CC(N=C(N)Nc1ccc2c(c1)OCCCO2)C(C)C.I. The highest BCUT2D eigenvalue weighted by atomic mass is 127. The fourth-order valence-electron chi connectivity index (χ4n) is 1.95. The fraction of sp³-hybridized carbons (Fsp3) is 0.438. The van der Waals surface area contributed by atoms with Crippen LogP contribution in [-0.2, 0) is 0 Å². The van der Waals surface area contributed by atoms with Crippen molar-refractivity contribution in [3.05, 3.63) is 18.2 Å². The molecule has 3 N–H and O–H groups in total. The van der Waals surface area contributed by atoms with Crippen molar-refractivity contribution in [3.8, 4) is 23.8 Å². The van der Waals surface area contributed by atoms with Crippen LogP contribution in [0.3, 0.4) is 0 Å². The van der Waals surface area contributed by atoms with Gasteiger partial charge < -0.3 is 20.5 Å². The van der Waals surface area contributed by atoms with E-state index in [1.165, 1.54) is 0 Å². The van der Waals surface area contributed by atoms with Crippen molar-refractivity contribution in [1.29, 1.82) is 0 Å². The molecule has 0 fully saturated rings. The van der Waals surface area contributed by atoms with Gasteiger partial charge in [-0.3, -0.25) is 0 Å². The van der Waals surface area contributed by atoms with Gasteiger partial charge in [0, 0.05) is 18.2 Å². The lowest BCUT2D eigenvalue weighted by molar-refractivity contribution is 0.297. The average molecular weight is 415 g/mol. The predicted molar refractivity (Wildman–Crippen MR) is 100 cm³/mol. The molecule has 120 valence electrons. The maximum atomic E-state index is 5.90. The van der Waals surface area contributed by atoms with Gasteiger partial charge in [0.15, 0.2) is 17.5 Å². The fourth-order valence-corrected chi connectivity index (χ4v) is 1.95.